The summed E-state index contributed by atoms with van der Waals surface area (Å²) >= 11 is 6.22. The lowest BCUT2D eigenvalue weighted by Gasteiger charge is -2.30. The number of hydrogen-bond donors (Lipinski definition) is 2. The van der Waals surface area contributed by atoms with Gasteiger partial charge in [0.15, 0.2) is 0 Å². The highest BCUT2D eigenvalue weighted by atomic mass is 35.5. The highest BCUT2D eigenvalue weighted by molar-refractivity contribution is 6.33. The van der Waals surface area contributed by atoms with Gasteiger partial charge in [-0.2, -0.15) is 0 Å². The largest absolute Gasteiger partial charge is 0.351 e. The lowest BCUT2D eigenvalue weighted by Crippen LogP contribution is -2.51. The van der Waals surface area contributed by atoms with Gasteiger partial charge in [0, 0.05) is 6.54 Å². The predicted octanol–water partition coefficient (Wildman–Crippen LogP) is 0.912. The monoisotopic (exact) mass is 281 g/mol. The number of imide groups is 1. The summed E-state index contributed by atoms with van der Waals surface area (Å²) in [6.45, 7) is 3.80. The standard InChI is InChI=1S/C13H16ClN3O2/c1-2-15-6-9-4-3-5-10(14)13(9)17-7-11(18)16-12(19)8-17/h3-5,15H,2,6-8H2,1H3,(H,16,18,19). The van der Waals surface area contributed by atoms with Gasteiger partial charge in [0.05, 0.1) is 23.8 Å². The lowest BCUT2D eigenvalue weighted by atomic mass is 10.1. The van der Waals surface area contributed by atoms with Crippen LogP contribution in [0.5, 0.6) is 0 Å². The summed E-state index contributed by atoms with van der Waals surface area (Å²) in [7, 11) is 0. The van der Waals surface area contributed by atoms with E-state index in [4.69, 9.17) is 11.6 Å². The smallest absolute Gasteiger partial charge is 0.246 e. The van der Waals surface area contributed by atoms with Crippen molar-refractivity contribution in [3.63, 3.8) is 0 Å². The molecule has 6 heteroatoms. The van der Waals surface area contributed by atoms with Crippen molar-refractivity contribution in [2.45, 2.75) is 13.5 Å². The van der Waals surface area contributed by atoms with E-state index in [-0.39, 0.29) is 24.9 Å². The van der Waals surface area contributed by atoms with Crippen LogP contribution in [0.25, 0.3) is 0 Å². The minimum Gasteiger partial charge on any atom is -0.351 e. The SMILES string of the molecule is CCNCc1cccc(Cl)c1N1CC(=O)NC(=O)C1. The topological polar surface area (TPSA) is 61.4 Å². The van der Waals surface area contributed by atoms with E-state index in [1.54, 1.807) is 11.0 Å². The molecule has 1 heterocycles. The van der Waals surface area contributed by atoms with Gasteiger partial charge in [0.1, 0.15) is 0 Å². The Morgan fingerprint density at radius 1 is 1.32 bits per heavy atom. The molecular weight excluding hydrogens is 266 g/mol. The Bertz CT molecular complexity index is 489. The Morgan fingerprint density at radius 3 is 2.63 bits per heavy atom. The van der Waals surface area contributed by atoms with Crippen LogP contribution in [-0.4, -0.2) is 31.4 Å². The molecule has 0 saturated carbocycles. The fourth-order valence-corrected chi connectivity index (χ4v) is 2.43. The van der Waals surface area contributed by atoms with Crippen LogP contribution in [0.3, 0.4) is 0 Å². The van der Waals surface area contributed by atoms with Crippen molar-refractivity contribution in [1.29, 1.82) is 0 Å². The van der Waals surface area contributed by atoms with Gasteiger partial charge in [0.25, 0.3) is 0 Å². The van der Waals surface area contributed by atoms with Crippen LogP contribution in [0, 0.1) is 0 Å². The average Bonchev–Trinajstić information content (AvgIpc) is 2.35. The zero-order valence-corrected chi connectivity index (χ0v) is 11.5. The van der Waals surface area contributed by atoms with Crippen LogP contribution in [0.2, 0.25) is 5.02 Å². The molecule has 1 aromatic carbocycles. The van der Waals surface area contributed by atoms with Crippen LogP contribution in [0.15, 0.2) is 18.2 Å². The average molecular weight is 282 g/mol. The van der Waals surface area contributed by atoms with Crippen molar-refractivity contribution in [3.8, 4) is 0 Å². The maximum absolute atomic E-state index is 11.5. The number of rotatable bonds is 4. The third kappa shape index (κ3) is 3.24. The van der Waals surface area contributed by atoms with Gasteiger partial charge in [-0.1, -0.05) is 30.7 Å². The Labute approximate surface area is 116 Å². The fraction of sp³-hybridized carbons (Fsp3) is 0.385. The van der Waals surface area contributed by atoms with E-state index < -0.39 is 0 Å². The number of amides is 2. The van der Waals surface area contributed by atoms with Gasteiger partial charge in [-0.25, -0.2) is 0 Å². The van der Waals surface area contributed by atoms with Crippen molar-refractivity contribution in [3.05, 3.63) is 28.8 Å². The molecule has 1 aliphatic rings. The van der Waals surface area contributed by atoms with Crippen LogP contribution in [-0.2, 0) is 16.1 Å². The fourth-order valence-electron chi connectivity index (χ4n) is 2.11. The zero-order valence-electron chi connectivity index (χ0n) is 10.7. The molecule has 1 aliphatic heterocycles. The molecule has 0 atom stereocenters. The van der Waals surface area contributed by atoms with Gasteiger partial charge < -0.3 is 10.2 Å². The second kappa shape index (κ2) is 6.04. The summed E-state index contributed by atoms with van der Waals surface area (Å²) in [5.74, 6) is -0.601. The molecule has 2 amide bonds. The Kier molecular flexibility index (Phi) is 4.39. The molecule has 19 heavy (non-hydrogen) atoms. The van der Waals surface area contributed by atoms with E-state index >= 15 is 0 Å². The molecule has 2 N–H and O–H groups in total. The summed E-state index contributed by atoms with van der Waals surface area (Å²) in [6.07, 6.45) is 0. The molecule has 0 radical (unpaired) electrons. The molecule has 1 aromatic rings. The van der Waals surface area contributed by atoms with E-state index in [1.807, 2.05) is 19.1 Å². The van der Waals surface area contributed by atoms with E-state index in [2.05, 4.69) is 10.6 Å². The maximum Gasteiger partial charge on any atom is 0.246 e. The Hall–Kier alpha value is -1.59. The Morgan fingerprint density at radius 2 is 2.00 bits per heavy atom. The third-order valence-electron chi connectivity index (χ3n) is 2.90. The van der Waals surface area contributed by atoms with E-state index in [0.717, 1.165) is 17.8 Å². The van der Waals surface area contributed by atoms with Gasteiger partial charge in [-0.05, 0) is 18.2 Å². The molecular formula is C13H16ClN3O2. The van der Waals surface area contributed by atoms with Crippen molar-refractivity contribution in [1.82, 2.24) is 10.6 Å². The second-order valence-corrected chi connectivity index (χ2v) is 4.76. The summed E-state index contributed by atoms with van der Waals surface area (Å²) in [5.41, 5.74) is 1.74. The molecule has 0 aliphatic carbocycles. The van der Waals surface area contributed by atoms with Crippen molar-refractivity contribution in [2.75, 3.05) is 24.5 Å². The molecule has 0 aromatic heterocycles. The van der Waals surface area contributed by atoms with E-state index in [0.29, 0.717) is 11.6 Å². The van der Waals surface area contributed by atoms with Crippen LogP contribution in [0.4, 0.5) is 5.69 Å². The first-order valence-corrected chi connectivity index (χ1v) is 6.55. The number of para-hydroxylation sites is 1. The number of piperazine rings is 1. The first-order chi connectivity index (χ1) is 9.11. The molecule has 1 saturated heterocycles. The number of hydrogen-bond acceptors (Lipinski definition) is 4. The summed E-state index contributed by atoms with van der Waals surface area (Å²) in [6, 6.07) is 5.58. The molecule has 5 nitrogen and oxygen atoms in total. The van der Waals surface area contributed by atoms with Crippen molar-refractivity contribution in [2.24, 2.45) is 0 Å². The van der Waals surface area contributed by atoms with Crippen LogP contribution < -0.4 is 15.5 Å². The molecule has 0 unspecified atom stereocenters. The van der Waals surface area contributed by atoms with Gasteiger partial charge >= 0.3 is 0 Å². The summed E-state index contributed by atoms with van der Waals surface area (Å²) in [5, 5.41) is 6.06. The third-order valence-corrected chi connectivity index (χ3v) is 3.20. The van der Waals surface area contributed by atoms with Gasteiger partial charge in [0.2, 0.25) is 11.8 Å². The van der Waals surface area contributed by atoms with Gasteiger partial charge in [-0.3, -0.25) is 14.9 Å². The molecule has 1 fully saturated rings. The van der Waals surface area contributed by atoms with Crippen molar-refractivity contribution >= 4 is 29.1 Å². The number of carbonyl (C=O) groups excluding carboxylic acids is 2. The number of anilines is 1. The number of halogens is 1. The molecule has 2 rings (SSSR count). The maximum atomic E-state index is 11.5. The highest BCUT2D eigenvalue weighted by Crippen LogP contribution is 2.30. The minimum atomic E-state index is -0.300. The second-order valence-electron chi connectivity index (χ2n) is 4.36. The number of nitrogens with one attached hydrogen (secondary N) is 2. The first-order valence-electron chi connectivity index (χ1n) is 6.17. The lowest BCUT2D eigenvalue weighted by molar-refractivity contribution is -0.130. The molecule has 0 bridgehead atoms. The van der Waals surface area contributed by atoms with E-state index in [1.165, 1.54) is 0 Å². The predicted molar refractivity (Wildman–Crippen MR) is 74.2 cm³/mol. The first kappa shape index (κ1) is 13.8. The van der Waals surface area contributed by atoms with E-state index in [9.17, 15) is 9.59 Å². The summed E-state index contributed by atoms with van der Waals surface area (Å²) < 4.78 is 0. The quantitative estimate of drug-likeness (QED) is 0.806. The van der Waals surface area contributed by atoms with Gasteiger partial charge in [-0.15, -0.1) is 0 Å². The highest BCUT2D eigenvalue weighted by Gasteiger charge is 2.25. The normalized spacial score (nSPS) is 15.6. The Balaban J connectivity index is 2.31. The summed E-state index contributed by atoms with van der Waals surface area (Å²) in [4.78, 5) is 24.6. The number of nitrogens with zero attached hydrogens (tertiary/aromatic N) is 1. The van der Waals surface area contributed by atoms with Crippen molar-refractivity contribution < 1.29 is 9.59 Å². The number of benzene rings is 1. The van der Waals surface area contributed by atoms with Crippen LogP contribution >= 0.6 is 11.6 Å². The minimum absolute atomic E-state index is 0.147. The zero-order chi connectivity index (χ0) is 13.8. The molecule has 0 spiro atoms. The molecule has 102 valence electrons. The van der Waals surface area contributed by atoms with Crippen LogP contribution in [0.1, 0.15) is 12.5 Å². The number of carbonyl (C=O) groups is 2.